The van der Waals surface area contributed by atoms with Crippen molar-refractivity contribution in [2.24, 2.45) is 0 Å². The number of carbonyl (C=O) groups is 1. The van der Waals surface area contributed by atoms with Gasteiger partial charge in [0.2, 0.25) is 15.9 Å². The summed E-state index contributed by atoms with van der Waals surface area (Å²) in [5, 5.41) is 4.11. The number of hydrogen-bond donors (Lipinski definition) is 2. The summed E-state index contributed by atoms with van der Waals surface area (Å²) in [5.74, 6) is -0.201. The molecule has 2 heterocycles. The molecule has 4 rings (SSSR count). The predicted molar refractivity (Wildman–Crippen MR) is 124 cm³/mol. The van der Waals surface area contributed by atoms with Crippen molar-refractivity contribution in [1.29, 1.82) is 0 Å². The van der Waals surface area contributed by atoms with E-state index in [2.05, 4.69) is 20.0 Å². The number of anilines is 2. The summed E-state index contributed by atoms with van der Waals surface area (Å²) < 4.78 is 65.6. The maximum Gasteiger partial charge on any atom is 0.416 e. The molecule has 0 saturated heterocycles. The fourth-order valence-electron chi connectivity index (χ4n) is 3.09. The molecule has 0 atom stereocenters. The Morgan fingerprint density at radius 3 is 2.47 bits per heavy atom. The number of rotatable bonds is 7. The van der Waals surface area contributed by atoms with Crippen LogP contribution >= 0.6 is 11.3 Å². The van der Waals surface area contributed by atoms with Crippen LogP contribution in [0.5, 0.6) is 0 Å². The first-order valence-electron chi connectivity index (χ1n) is 10.3. The van der Waals surface area contributed by atoms with E-state index < -0.39 is 33.1 Å². The van der Waals surface area contributed by atoms with Gasteiger partial charge in [-0.05, 0) is 56.5 Å². The van der Waals surface area contributed by atoms with Crippen LogP contribution in [-0.4, -0.2) is 29.5 Å². The molecule has 180 valence electrons. The van der Waals surface area contributed by atoms with Gasteiger partial charge in [0.15, 0.2) is 5.13 Å². The van der Waals surface area contributed by atoms with Crippen molar-refractivity contribution in [3.63, 3.8) is 0 Å². The lowest BCUT2D eigenvalue weighted by Gasteiger charge is -2.21. The highest BCUT2D eigenvalue weighted by molar-refractivity contribution is 7.93. The summed E-state index contributed by atoms with van der Waals surface area (Å²) in [5.41, 5.74) is -0.642. The Kier molecular flexibility index (Phi) is 6.15. The predicted octanol–water partition coefficient (Wildman–Crippen LogP) is 5.04. The van der Waals surface area contributed by atoms with Gasteiger partial charge in [0.25, 0.3) is 0 Å². The van der Waals surface area contributed by atoms with Gasteiger partial charge >= 0.3 is 6.18 Å². The quantitative estimate of drug-likeness (QED) is 0.464. The van der Waals surface area contributed by atoms with Crippen molar-refractivity contribution in [1.82, 2.24) is 9.97 Å². The lowest BCUT2D eigenvalue weighted by Crippen LogP contribution is -2.35. The maximum absolute atomic E-state index is 13.0. The van der Waals surface area contributed by atoms with E-state index >= 15 is 0 Å². The molecule has 1 saturated carbocycles. The van der Waals surface area contributed by atoms with Crippen molar-refractivity contribution >= 4 is 38.2 Å². The smallest absolute Gasteiger partial charge is 0.310 e. The second-order valence-electron chi connectivity index (χ2n) is 8.47. The topological polar surface area (TPSA) is 101 Å². The molecule has 34 heavy (non-hydrogen) atoms. The third kappa shape index (κ3) is 5.22. The van der Waals surface area contributed by atoms with Gasteiger partial charge in [-0.2, -0.15) is 13.2 Å². The molecule has 2 N–H and O–H groups in total. The highest BCUT2D eigenvalue weighted by Gasteiger charge is 2.37. The van der Waals surface area contributed by atoms with Crippen LogP contribution in [0.25, 0.3) is 11.1 Å². The number of pyridine rings is 1. The fraction of sp³-hybridized carbons (Fsp3) is 0.318. The molecule has 0 aliphatic heterocycles. The third-order valence-electron chi connectivity index (χ3n) is 5.43. The standard InChI is InChI=1S/C22H21F3N4O3S2/c1-21(2,17-12-33-20(27-17)29-34(31,32)16-7-8-16)19(30)28-18-9-6-14(11-26-18)13-4-3-5-15(10-13)22(23,24)25/h3-6,9-12,16H,7-8H2,1-2H3,(H,27,29)(H,26,28,30). The zero-order valence-electron chi connectivity index (χ0n) is 18.2. The van der Waals surface area contributed by atoms with Crippen molar-refractivity contribution in [3.8, 4) is 11.1 Å². The molecule has 0 unspecified atom stereocenters. The van der Waals surface area contributed by atoms with Crippen LogP contribution in [0.2, 0.25) is 0 Å². The van der Waals surface area contributed by atoms with E-state index in [1.165, 1.54) is 18.3 Å². The highest BCUT2D eigenvalue weighted by Crippen LogP contribution is 2.34. The molecule has 1 aliphatic carbocycles. The Morgan fingerprint density at radius 1 is 1.12 bits per heavy atom. The minimum absolute atomic E-state index is 0.200. The third-order valence-corrected chi connectivity index (χ3v) is 8.15. The zero-order chi connectivity index (χ0) is 24.7. The number of carbonyl (C=O) groups excluding carboxylic acids is 1. The molecule has 3 aromatic rings. The van der Waals surface area contributed by atoms with Gasteiger partial charge in [-0.1, -0.05) is 12.1 Å². The number of nitrogens with one attached hydrogen (secondary N) is 2. The Bertz CT molecular complexity index is 1320. The second-order valence-corrected chi connectivity index (χ2v) is 11.3. The minimum atomic E-state index is -4.45. The Labute approximate surface area is 198 Å². The molecule has 1 aromatic carbocycles. The van der Waals surface area contributed by atoms with Crippen molar-refractivity contribution in [2.75, 3.05) is 10.0 Å². The number of sulfonamides is 1. The van der Waals surface area contributed by atoms with Gasteiger partial charge < -0.3 is 5.32 Å². The number of hydrogen-bond acceptors (Lipinski definition) is 6. The van der Waals surface area contributed by atoms with E-state index in [1.807, 2.05) is 0 Å². The van der Waals surface area contributed by atoms with E-state index in [4.69, 9.17) is 0 Å². The first-order valence-corrected chi connectivity index (χ1v) is 12.7. The van der Waals surface area contributed by atoms with Crippen molar-refractivity contribution in [3.05, 3.63) is 59.2 Å². The normalized spacial score (nSPS) is 14.6. The van der Waals surface area contributed by atoms with Crippen molar-refractivity contribution < 1.29 is 26.4 Å². The lowest BCUT2D eigenvalue weighted by atomic mass is 9.89. The SMILES string of the molecule is CC(C)(C(=O)Nc1ccc(-c2cccc(C(F)(F)F)c2)cn1)c1csc(NS(=O)(=O)C2CC2)n1. The number of aromatic nitrogens is 2. The second kappa shape index (κ2) is 8.66. The largest absolute Gasteiger partial charge is 0.416 e. The molecule has 1 amide bonds. The van der Waals surface area contributed by atoms with E-state index in [9.17, 15) is 26.4 Å². The van der Waals surface area contributed by atoms with Crippen LogP contribution in [-0.2, 0) is 26.4 Å². The van der Waals surface area contributed by atoms with Crippen LogP contribution in [0.15, 0.2) is 48.0 Å². The molecule has 1 fully saturated rings. The van der Waals surface area contributed by atoms with Crippen molar-refractivity contribution in [2.45, 2.75) is 43.5 Å². The number of benzene rings is 1. The fourth-order valence-corrected chi connectivity index (χ4v) is 5.57. The van der Waals surface area contributed by atoms with Gasteiger partial charge in [-0.15, -0.1) is 11.3 Å². The van der Waals surface area contributed by atoms with Crippen LogP contribution in [0.1, 0.15) is 37.9 Å². The summed E-state index contributed by atoms with van der Waals surface area (Å²) in [6.45, 7) is 3.29. The van der Waals surface area contributed by atoms with E-state index in [0.29, 0.717) is 29.7 Å². The van der Waals surface area contributed by atoms with Gasteiger partial charge in [-0.25, -0.2) is 18.4 Å². The van der Waals surface area contributed by atoms with Crippen LogP contribution < -0.4 is 10.0 Å². The zero-order valence-corrected chi connectivity index (χ0v) is 19.8. The summed E-state index contributed by atoms with van der Waals surface area (Å²) in [4.78, 5) is 21.3. The first kappa shape index (κ1) is 24.1. The van der Waals surface area contributed by atoms with Gasteiger partial charge in [0.1, 0.15) is 5.82 Å². The minimum Gasteiger partial charge on any atom is -0.310 e. The highest BCUT2D eigenvalue weighted by atomic mass is 32.2. The van der Waals surface area contributed by atoms with E-state index in [-0.39, 0.29) is 16.2 Å². The van der Waals surface area contributed by atoms with E-state index in [0.717, 1.165) is 23.5 Å². The molecule has 0 spiro atoms. The summed E-state index contributed by atoms with van der Waals surface area (Å²) in [6, 6.07) is 7.97. The number of amides is 1. The van der Waals surface area contributed by atoms with Crippen LogP contribution in [0, 0.1) is 0 Å². The van der Waals surface area contributed by atoms with Gasteiger partial charge in [0.05, 0.1) is 21.9 Å². The number of alkyl halides is 3. The molecule has 0 bridgehead atoms. The average molecular weight is 511 g/mol. The number of halogens is 3. The van der Waals surface area contributed by atoms with Crippen LogP contribution in [0.4, 0.5) is 24.1 Å². The number of thiazole rings is 1. The Morgan fingerprint density at radius 2 is 1.85 bits per heavy atom. The molecule has 12 heteroatoms. The Hall–Kier alpha value is -2.99. The van der Waals surface area contributed by atoms with Crippen LogP contribution in [0.3, 0.4) is 0 Å². The first-order chi connectivity index (χ1) is 15.9. The molecule has 1 aliphatic rings. The molecular weight excluding hydrogens is 489 g/mol. The average Bonchev–Trinajstić information content (AvgIpc) is 3.54. The number of nitrogens with zero attached hydrogens (tertiary/aromatic N) is 2. The molecular formula is C22H21F3N4O3S2. The summed E-state index contributed by atoms with van der Waals surface area (Å²) in [6.07, 6.45) is -1.82. The molecule has 0 radical (unpaired) electrons. The monoisotopic (exact) mass is 510 g/mol. The molecule has 2 aromatic heterocycles. The molecule has 7 nitrogen and oxygen atoms in total. The maximum atomic E-state index is 13.0. The summed E-state index contributed by atoms with van der Waals surface area (Å²) in [7, 11) is -3.45. The van der Waals surface area contributed by atoms with Gasteiger partial charge in [-0.3, -0.25) is 9.52 Å². The van der Waals surface area contributed by atoms with Gasteiger partial charge in [0, 0.05) is 17.1 Å². The summed E-state index contributed by atoms with van der Waals surface area (Å²) >= 11 is 1.10. The Balaban J connectivity index is 1.45. The lowest BCUT2D eigenvalue weighted by molar-refractivity contribution is -0.137. The van der Waals surface area contributed by atoms with E-state index in [1.54, 1.807) is 31.4 Å².